The summed E-state index contributed by atoms with van der Waals surface area (Å²) in [5.74, 6) is 1.04. The van der Waals surface area contributed by atoms with Gasteiger partial charge in [-0.05, 0) is 104 Å². The number of halogens is 3. The number of nitrogens with two attached hydrogens (primary N) is 1. The number of rotatable bonds is 14. The van der Waals surface area contributed by atoms with Crippen LogP contribution in [-0.2, 0) is 16.1 Å². The summed E-state index contributed by atoms with van der Waals surface area (Å²) in [6.45, 7) is 3.14. The van der Waals surface area contributed by atoms with E-state index in [0.29, 0.717) is 50.7 Å². The smallest absolute Gasteiger partial charge is 0.252 e. The number of aliphatic hydroxyl groups excluding tert-OH is 1. The number of benzene rings is 3. The van der Waals surface area contributed by atoms with Crippen molar-refractivity contribution in [1.29, 1.82) is 0 Å². The Bertz CT molecular complexity index is 1680. The highest BCUT2D eigenvalue weighted by Crippen LogP contribution is 2.38. The predicted octanol–water partition coefficient (Wildman–Crippen LogP) is 6.69. The van der Waals surface area contributed by atoms with E-state index in [9.17, 15) is 14.7 Å². The highest BCUT2D eigenvalue weighted by atomic mass is 35.5. The molecule has 0 bridgehead atoms. The maximum Gasteiger partial charge on any atom is 0.252 e. The van der Waals surface area contributed by atoms with E-state index in [1.807, 2.05) is 42.2 Å². The maximum atomic E-state index is 14.4. The van der Waals surface area contributed by atoms with E-state index in [0.717, 1.165) is 47.9 Å². The average molecular weight is 713 g/mol. The van der Waals surface area contributed by atoms with E-state index in [1.165, 1.54) is 0 Å². The minimum absolute atomic E-state index is 0.0428. The van der Waals surface area contributed by atoms with Crippen LogP contribution in [-0.4, -0.2) is 60.1 Å². The second-order valence-corrected chi connectivity index (χ2v) is 14.0. The first-order valence-electron chi connectivity index (χ1n) is 16.4. The molecule has 3 aromatic carbocycles. The van der Waals surface area contributed by atoms with Gasteiger partial charge in [0.25, 0.3) is 5.91 Å². The second kappa shape index (κ2) is 15.2. The van der Waals surface area contributed by atoms with Crippen molar-refractivity contribution in [2.75, 3.05) is 26.4 Å². The molecule has 0 radical (unpaired) electrons. The standard InChI is InChI=1S/C37H40Cl3N3O5/c1-21-16-30(39)36(31(40)17-21)48-15-14-47-27-9-4-22(5-10-27)28-12-13-42-32(20-44)33(28)37(46)43(26-7-8-26)19-25-18-24(6-11-29(25)38)34(41)35(45)23-2-3-23/h4-6,9-11,16-18,23,26,32,34,42,44H,2-3,7-8,12-15,19-20,41H2,1H3/t32-,34?/m1/s1. The molecule has 0 aromatic heterocycles. The molecule has 2 aliphatic carbocycles. The minimum atomic E-state index is -0.709. The molecular weight excluding hydrogens is 673 g/mol. The number of carbonyl (C=O) groups excluding carboxylic acids is 2. The molecule has 2 saturated carbocycles. The summed E-state index contributed by atoms with van der Waals surface area (Å²) in [4.78, 5) is 29.0. The van der Waals surface area contributed by atoms with Gasteiger partial charge >= 0.3 is 0 Å². The Morgan fingerprint density at radius 1 is 0.958 bits per heavy atom. The predicted molar refractivity (Wildman–Crippen MR) is 189 cm³/mol. The van der Waals surface area contributed by atoms with Crippen LogP contribution in [0.15, 0.2) is 60.2 Å². The molecule has 3 aliphatic rings. The van der Waals surface area contributed by atoms with Crippen molar-refractivity contribution in [3.63, 3.8) is 0 Å². The summed E-state index contributed by atoms with van der Waals surface area (Å²) in [5.41, 5.74) is 11.1. The first kappa shape index (κ1) is 34.7. The molecule has 1 unspecified atom stereocenters. The van der Waals surface area contributed by atoms with Crippen LogP contribution in [0.5, 0.6) is 11.5 Å². The summed E-state index contributed by atoms with van der Waals surface area (Å²) in [7, 11) is 0. The number of amides is 1. The third-order valence-electron chi connectivity index (χ3n) is 9.10. The molecule has 254 valence electrons. The molecule has 11 heteroatoms. The van der Waals surface area contributed by atoms with Gasteiger partial charge in [-0.15, -0.1) is 0 Å². The van der Waals surface area contributed by atoms with Gasteiger partial charge in [0.05, 0.1) is 28.7 Å². The van der Waals surface area contributed by atoms with Crippen LogP contribution in [0, 0.1) is 12.8 Å². The summed E-state index contributed by atoms with van der Waals surface area (Å²) in [5, 5.41) is 15.1. The Morgan fingerprint density at radius 3 is 2.29 bits per heavy atom. The molecule has 1 aliphatic heterocycles. The Kier molecular flexibility index (Phi) is 11.0. The van der Waals surface area contributed by atoms with Gasteiger partial charge in [0.2, 0.25) is 0 Å². The molecule has 2 fully saturated rings. The number of carbonyl (C=O) groups is 2. The molecule has 1 heterocycles. The van der Waals surface area contributed by atoms with Crippen LogP contribution in [0.2, 0.25) is 15.1 Å². The monoisotopic (exact) mass is 711 g/mol. The number of aliphatic hydroxyl groups is 1. The minimum Gasteiger partial charge on any atom is -0.490 e. The molecule has 2 atom stereocenters. The lowest BCUT2D eigenvalue weighted by molar-refractivity contribution is -0.129. The van der Waals surface area contributed by atoms with Crippen molar-refractivity contribution in [2.45, 2.75) is 63.7 Å². The highest BCUT2D eigenvalue weighted by Gasteiger charge is 2.39. The Morgan fingerprint density at radius 2 is 1.65 bits per heavy atom. The molecule has 0 spiro atoms. The molecule has 6 rings (SSSR count). The quantitative estimate of drug-likeness (QED) is 0.160. The average Bonchev–Trinajstić information content (AvgIpc) is 4.01. The van der Waals surface area contributed by atoms with Crippen molar-refractivity contribution in [3.8, 4) is 11.5 Å². The third kappa shape index (κ3) is 8.02. The Balaban J connectivity index is 1.18. The summed E-state index contributed by atoms with van der Waals surface area (Å²) in [6, 6.07) is 15.5. The molecular formula is C37H40Cl3N3O5. The van der Waals surface area contributed by atoms with E-state index < -0.39 is 12.1 Å². The molecule has 3 aromatic rings. The van der Waals surface area contributed by atoms with E-state index >= 15 is 0 Å². The van der Waals surface area contributed by atoms with E-state index in [-0.39, 0.29) is 50.0 Å². The fourth-order valence-corrected chi connectivity index (χ4v) is 7.10. The number of Topliss-reactive ketones (excluding diaryl/α,β-unsaturated/α-hetero) is 1. The van der Waals surface area contributed by atoms with Gasteiger partial charge in [-0.25, -0.2) is 0 Å². The van der Waals surface area contributed by atoms with Crippen LogP contribution in [0.25, 0.3) is 5.57 Å². The number of ether oxygens (including phenoxy) is 2. The van der Waals surface area contributed by atoms with Gasteiger partial charge in [0.1, 0.15) is 19.0 Å². The number of hydrogen-bond donors (Lipinski definition) is 3. The van der Waals surface area contributed by atoms with Gasteiger partial charge in [0, 0.05) is 29.1 Å². The number of aryl methyl sites for hydroxylation is 1. The normalized spacial score (nSPS) is 18.4. The molecule has 4 N–H and O–H groups in total. The topological polar surface area (TPSA) is 114 Å². The third-order valence-corrected chi connectivity index (χ3v) is 10.0. The van der Waals surface area contributed by atoms with Crippen molar-refractivity contribution in [2.24, 2.45) is 11.7 Å². The van der Waals surface area contributed by atoms with Gasteiger partial charge in [-0.1, -0.05) is 59.1 Å². The lowest BCUT2D eigenvalue weighted by Gasteiger charge is -2.33. The largest absolute Gasteiger partial charge is 0.490 e. The number of hydrogen-bond acceptors (Lipinski definition) is 7. The van der Waals surface area contributed by atoms with Crippen molar-refractivity contribution < 1.29 is 24.2 Å². The summed E-state index contributed by atoms with van der Waals surface area (Å²) in [6.07, 6.45) is 4.18. The fraction of sp³-hybridized carbons (Fsp3) is 0.405. The highest BCUT2D eigenvalue weighted by molar-refractivity contribution is 6.37. The number of nitrogens with zero attached hydrogens (tertiary/aromatic N) is 1. The van der Waals surface area contributed by atoms with Crippen LogP contribution in [0.3, 0.4) is 0 Å². The molecule has 48 heavy (non-hydrogen) atoms. The lowest BCUT2D eigenvalue weighted by Crippen LogP contribution is -2.46. The lowest BCUT2D eigenvalue weighted by atomic mass is 9.88. The Hall–Kier alpha value is -3.11. The van der Waals surface area contributed by atoms with Gasteiger partial charge in [0.15, 0.2) is 11.5 Å². The van der Waals surface area contributed by atoms with Crippen LogP contribution in [0.1, 0.15) is 60.4 Å². The van der Waals surface area contributed by atoms with Crippen LogP contribution < -0.4 is 20.5 Å². The zero-order valence-electron chi connectivity index (χ0n) is 26.8. The van der Waals surface area contributed by atoms with Crippen molar-refractivity contribution in [3.05, 3.63) is 97.5 Å². The fourth-order valence-electron chi connectivity index (χ4n) is 6.22. The van der Waals surface area contributed by atoms with E-state index in [2.05, 4.69) is 5.32 Å². The van der Waals surface area contributed by atoms with E-state index in [4.69, 9.17) is 50.0 Å². The van der Waals surface area contributed by atoms with Crippen molar-refractivity contribution in [1.82, 2.24) is 10.2 Å². The van der Waals surface area contributed by atoms with Crippen LogP contribution in [0.4, 0.5) is 0 Å². The summed E-state index contributed by atoms with van der Waals surface area (Å²) < 4.78 is 11.7. The SMILES string of the molecule is Cc1cc(Cl)c(OCCOc2ccc(C3=C(C(=O)N(Cc4cc(C(N)C(=O)C5CC5)ccc4Cl)C4CC4)[C@@H](CO)NCC3)cc2)c(Cl)c1. The van der Waals surface area contributed by atoms with Crippen LogP contribution >= 0.6 is 34.8 Å². The van der Waals surface area contributed by atoms with Crippen molar-refractivity contribution >= 4 is 52.1 Å². The molecule has 1 amide bonds. The van der Waals surface area contributed by atoms with Gasteiger partial charge in [-0.3, -0.25) is 9.59 Å². The summed E-state index contributed by atoms with van der Waals surface area (Å²) >= 11 is 19.2. The first-order valence-corrected chi connectivity index (χ1v) is 17.6. The second-order valence-electron chi connectivity index (χ2n) is 12.8. The number of nitrogens with one attached hydrogen (secondary N) is 1. The zero-order valence-corrected chi connectivity index (χ0v) is 29.1. The zero-order chi connectivity index (χ0) is 33.9. The van der Waals surface area contributed by atoms with Gasteiger partial charge in [-0.2, -0.15) is 0 Å². The molecule has 8 nitrogen and oxygen atoms in total. The number of ketones is 1. The molecule has 0 saturated heterocycles. The Labute approximate surface area is 296 Å². The maximum absolute atomic E-state index is 14.4. The first-order chi connectivity index (χ1) is 23.1. The van der Waals surface area contributed by atoms with E-state index in [1.54, 1.807) is 24.3 Å². The van der Waals surface area contributed by atoms with Gasteiger partial charge < -0.3 is 30.5 Å².